The Morgan fingerprint density at radius 3 is 2.57 bits per heavy atom. The van der Waals surface area contributed by atoms with E-state index in [9.17, 15) is 0 Å². The first-order chi connectivity index (χ1) is 13.6. The van der Waals surface area contributed by atoms with Crippen molar-refractivity contribution in [3.8, 4) is 11.5 Å². The normalized spacial score (nSPS) is 14.5. The van der Waals surface area contributed by atoms with Crippen LogP contribution in [-0.2, 0) is 4.74 Å². The molecule has 1 aromatic carbocycles. The lowest BCUT2D eigenvalue weighted by molar-refractivity contribution is 0.0398. The fourth-order valence-electron chi connectivity index (χ4n) is 2.88. The smallest absolute Gasteiger partial charge is 0.159 e. The van der Waals surface area contributed by atoms with E-state index in [2.05, 4.69) is 25.5 Å². The average Bonchev–Trinajstić information content (AvgIpc) is 2.71. The molecular weight excluding hydrogens is 384 g/mol. The number of halogens is 1. The van der Waals surface area contributed by atoms with Crippen molar-refractivity contribution in [1.29, 1.82) is 0 Å². The second-order valence-electron chi connectivity index (χ2n) is 6.18. The Kier molecular flexibility index (Phi) is 6.96. The quantitative estimate of drug-likeness (QED) is 0.605. The zero-order chi connectivity index (χ0) is 19.9. The number of hydrogen-bond donors (Lipinski definition) is 3. The summed E-state index contributed by atoms with van der Waals surface area (Å²) in [5.41, 5.74) is 7.29. The van der Waals surface area contributed by atoms with Crippen LogP contribution in [0.15, 0.2) is 18.5 Å². The third-order valence-corrected chi connectivity index (χ3v) is 4.73. The number of aromatic nitrogens is 2. The lowest BCUT2D eigenvalue weighted by atomic mass is 10.2. The molecule has 0 amide bonds. The number of nitrogens with zero attached hydrogens (tertiary/aromatic N) is 3. The zero-order valence-corrected chi connectivity index (χ0v) is 16.8. The molecule has 1 fully saturated rings. The van der Waals surface area contributed by atoms with Crippen LogP contribution in [0.5, 0.6) is 11.5 Å². The van der Waals surface area contributed by atoms with Crippen LogP contribution in [0.1, 0.15) is 0 Å². The molecule has 2 heterocycles. The summed E-state index contributed by atoms with van der Waals surface area (Å²) in [5, 5.41) is 6.87. The molecule has 0 bridgehead atoms. The number of anilines is 4. The molecule has 1 aliphatic rings. The van der Waals surface area contributed by atoms with Gasteiger partial charge in [-0.1, -0.05) is 11.6 Å². The van der Waals surface area contributed by atoms with Gasteiger partial charge in [0.25, 0.3) is 0 Å². The lowest BCUT2D eigenvalue weighted by Crippen LogP contribution is -2.39. The van der Waals surface area contributed by atoms with E-state index in [4.69, 9.17) is 31.5 Å². The van der Waals surface area contributed by atoms with Gasteiger partial charge in [-0.05, 0) is 6.07 Å². The first kappa shape index (κ1) is 20.2. The summed E-state index contributed by atoms with van der Waals surface area (Å²) >= 11 is 6.23. The van der Waals surface area contributed by atoms with Crippen LogP contribution in [0, 0.1) is 0 Å². The molecule has 1 saturated heterocycles. The van der Waals surface area contributed by atoms with Gasteiger partial charge in [-0.15, -0.1) is 0 Å². The number of nitrogens with two attached hydrogens (primary N) is 1. The molecule has 28 heavy (non-hydrogen) atoms. The molecule has 10 heteroatoms. The van der Waals surface area contributed by atoms with Crippen LogP contribution in [-0.4, -0.2) is 68.5 Å². The van der Waals surface area contributed by atoms with Crippen LogP contribution in [0.3, 0.4) is 0 Å². The summed E-state index contributed by atoms with van der Waals surface area (Å²) in [5.74, 6) is 2.11. The summed E-state index contributed by atoms with van der Waals surface area (Å²) in [7, 11) is 3.11. The second kappa shape index (κ2) is 9.63. The summed E-state index contributed by atoms with van der Waals surface area (Å²) in [6.07, 6.45) is 1.45. The van der Waals surface area contributed by atoms with Crippen LogP contribution in [0.2, 0.25) is 5.02 Å². The standard InChI is InChI=1S/C18H25ClN6O3/c1-26-14-10-15(27-2)13(9-12(14)19)24-18-16(20)17(22-11-23-18)21-3-4-25-5-7-28-8-6-25/h9-11H,3-8,20H2,1-2H3,(H2,21,22,23,24). The number of nitrogens with one attached hydrogen (secondary N) is 2. The number of ether oxygens (including phenoxy) is 3. The molecule has 0 unspecified atom stereocenters. The first-order valence-electron chi connectivity index (χ1n) is 8.95. The largest absolute Gasteiger partial charge is 0.495 e. The molecule has 0 radical (unpaired) electrons. The highest BCUT2D eigenvalue weighted by atomic mass is 35.5. The van der Waals surface area contributed by atoms with Gasteiger partial charge in [-0.25, -0.2) is 9.97 Å². The van der Waals surface area contributed by atoms with E-state index in [0.29, 0.717) is 39.5 Å². The molecule has 0 atom stereocenters. The summed E-state index contributed by atoms with van der Waals surface area (Å²) in [6, 6.07) is 3.40. The van der Waals surface area contributed by atoms with Gasteiger partial charge in [0.2, 0.25) is 0 Å². The van der Waals surface area contributed by atoms with Crippen molar-refractivity contribution < 1.29 is 14.2 Å². The minimum absolute atomic E-state index is 0.415. The molecule has 2 aromatic rings. The number of methoxy groups -OCH3 is 2. The number of nitrogen functional groups attached to an aromatic ring is 1. The Morgan fingerprint density at radius 2 is 1.86 bits per heavy atom. The highest BCUT2D eigenvalue weighted by Crippen LogP contribution is 2.38. The molecule has 0 aliphatic carbocycles. The molecule has 3 rings (SSSR count). The minimum Gasteiger partial charge on any atom is -0.495 e. The molecule has 1 aromatic heterocycles. The van der Waals surface area contributed by atoms with Crippen molar-refractivity contribution in [3.63, 3.8) is 0 Å². The van der Waals surface area contributed by atoms with Gasteiger partial charge in [0.15, 0.2) is 11.6 Å². The number of hydrogen-bond acceptors (Lipinski definition) is 9. The topological polar surface area (TPSA) is 107 Å². The van der Waals surface area contributed by atoms with Crippen LogP contribution < -0.4 is 25.8 Å². The fourth-order valence-corrected chi connectivity index (χ4v) is 3.12. The maximum atomic E-state index is 6.25. The molecule has 152 valence electrons. The van der Waals surface area contributed by atoms with Crippen molar-refractivity contribution in [3.05, 3.63) is 23.5 Å². The Bertz CT molecular complexity index is 801. The summed E-state index contributed by atoms with van der Waals surface area (Å²) < 4.78 is 16.0. The Morgan fingerprint density at radius 1 is 1.14 bits per heavy atom. The van der Waals surface area contributed by atoms with Gasteiger partial charge < -0.3 is 30.6 Å². The van der Waals surface area contributed by atoms with Gasteiger partial charge in [0, 0.05) is 32.2 Å². The van der Waals surface area contributed by atoms with Gasteiger partial charge in [-0.2, -0.15) is 0 Å². The summed E-state index contributed by atoms with van der Waals surface area (Å²) in [4.78, 5) is 10.8. The Hall–Kier alpha value is -2.49. The van der Waals surface area contributed by atoms with Gasteiger partial charge >= 0.3 is 0 Å². The number of rotatable bonds is 8. The van der Waals surface area contributed by atoms with E-state index >= 15 is 0 Å². The van der Waals surface area contributed by atoms with Crippen molar-refractivity contribution in [2.75, 3.05) is 70.0 Å². The monoisotopic (exact) mass is 408 g/mol. The minimum atomic E-state index is 0.415. The highest BCUT2D eigenvalue weighted by molar-refractivity contribution is 6.32. The second-order valence-corrected chi connectivity index (χ2v) is 6.58. The lowest BCUT2D eigenvalue weighted by Gasteiger charge is -2.26. The molecule has 4 N–H and O–H groups in total. The van der Waals surface area contributed by atoms with E-state index in [1.165, 1.54) is 6.33 Å². The van der Waals surface area contributed by atoms with E-state index in [-0.39, 0.29) is 0 Å². The van der Waals surface area contributed by atoms with E-state index in [1.54, 1.807) is 26.4 Å². The number of morpholine rings is 1. The maximum Gasteiger partial charge on any atom is 0.159 e. The molecule has 0 saturated carbocycles. The van der Waals surface area contributed by atoms with E-state index in [1.807, 2.05) is 0 Å². The number of benzene rings is 1. The fraction of sp³-hybridized carbons (Fsp3) is 0.444. The van der Waals surface area contributed by atoms with Crippen molar-refractivity contribution in [2.24, 2.45) is 0 Å². The van der Waals surface area contributed by atoms with Crippen LogP contribution in [0.25, 0.3) is 0 Å². The first-order valence-corrected chi connectivity index (χ1v) is 9.33. The van der Waals surface area contributed by atoms with Gasteiger partial charge in [-0.3, -0.25) is 4.90 Å². The average molecular weight is 409 g/mol. The van der Waals surface area contributed by atoms with Crippen molar-refractivity contribution in [1.82, 2.24) is 14.9 Å². The zero-order valence-electron chi connectivity index (χ0n) is 16.0. The Balaban J connectivity index is 1.69. The molecule has 0 spiro atoms. The Labute approximate surface area is 169 Å². The molecule has 1 aliphatic heterocycles. The summed E-state index contributed by atoms with van der Waals surface area (Å²) in [6.45, 7) is 5.03. The van der Waals surface area contributed by atoms with E-state index in [0.717, 1.165) is 39.4 Å². The third-order valence-electron chi connectivity index (χ3n) is 4.44. The third kappa shape index (κ3) is 4.86. The van der Waals surface area contributed by atoms with Crippen molar-refractivity contribution in [2.45, 2.75) is 0 Å². The van der Waals surface area contributed by atoms with Crippen LogP contribution >= 0.6 is 11.6 Å². The van der Waals surface area contributed by atoms with Gasteiger partial charge in [0.1, 0.15) is 23.5 Å². The van der Waals surface area contributed by atoms with Crippen LogP contribution in [0.4, 0.5) is 23.0 Å². The van der Waals surface area contributed by atoms with Gasteiger partial charge in [0.05, 0.1) is 38.1 Å². The van der Waals surface area contributed by atoms with E-state index < -0.39 is 0 Å². The SMILES string of the molecule is COc1cc(OC)c(Nc2ncnc(NCCN3CCOCC3)c2N)cc1Cl. The van der Waals surface area contributed by atoms with Crippen molar-refractivity contribution >= 4 is 34.6 Å². The predicted molar refractivity (Wildman–Crippen MR) is 110 cm³/mol. The predicted octanol–water partition coefficient (Wildman–Crippen LogP) is 2.22. The molecular formula is C18H25ClN6O3. The highest BCUT2D eigenvalue weighted by Gasteiger charge is 2.15. The maximum absolute atomic E-state index is 6.25. The molecule has 9 nitrogen and oxygen atoms in total.